The molecule has 0 spiro atoms. The number of methoxy groups -OCH3 is 2. The van der Waals surface area contributed by atoms with Gasteiger partial charge in [-0.1, -0.05) is 11.6 Å². The van der Waals surface area contributed by atoms with E-state index in [0.29, 0.717) is 56.9 Å². The zero-order valence-electron chi connectivity index (χ0n) is 31.5. The first-order valence-corrected chi connectivity index (χ1v) is 20.0. The van der Waals surface area contributed by atoms with Crippen LogP contribution >= 0.6 is 11.6 Å². The third-order valence-corrected chi connectivity index (χ3v) is 10.3. The van der Waals surface area contributed by atoms with Gasteiger partial charge in [0, 0.05) is 12.1 Å². The number of carboxylic acid groups (broad SMARTS) is 1. The Kier molecular flexibility index (Phi) is 13.2. The van der Waals surface area contributed by atoms with Crippen molar-refractivity contribution >= 4 is 89.3 Å². The first-order chi connectivity index (χ1) is 27.8. The van der Waals surface area contributed by atoms with Crippen LogP contribution in [0.4, 0.5) is 50.3 Å². The van der Waals surface area contributed by atoms with E-state index in [0.717, 1.165) is 12.1 Å². The van der Waals surface area contributed by atoms with E-state index in [-0.39, 0.29) is 33.5 Å². The second-order valence-corrected chi connectivity index (χ2v) is 15.6. The van der Waals surface area contributed by atoms with Crippen LogP contribution in [0.3, 0.4) is 0 Å². The van der Waals surface area contributed by atoms with Crippen molar-refractivity contribution in [1.82, 2.24) is 0 Å². The van der Waals surface area contributed by atoms with E-state index in [4.69, 9.17) is 21.1 Å². The van der Waals surface area contributed by atoms with Crippen LogP contribution in [0.15, 0.2) is 119 Å². The normalized spacial score (nSPS) is 12.0. The number of hydrogen-bond donors (Lipinski definition) is 5. The van der Waals surface area contributed by atoms with Gasteiger partial charge in [0.1, 0.15) is 22.1 Å². The van der Waals surface area contributed by atoms with Gasteiger partial charge in [0.2, 0.25) is 0 Å². The highest BCUT2D eigenvalue weighted by atomic mass is 35.5. The maximum atomic E-state index is 13.1. The number of nitrogens with one attached hydrogen (secondary N) is 2. The fourth-order valence-corrected chi connectivity index (χ4v) is 6.62. The summed E-state index contributed by atoms with van der Waals surface area (Å²) in [6.07, 6.45) is 0. The summed E-state index contributed by atoms with van der Waals surface area (Å²) in [6.45, 7) is 5.17. The largest absolute Gasteiger partial charge is 0.494 e. The third kappa shape index (κ3) is 10.9. The minimum absolute atomic E-state index is 0.0644. The van der Waals surface area contributed by atoms with Gasteiger partial charge in [-0.15, -0.1) is 5.11 Å². The monoisotopic (exact) mass is 864 g/mol. The Morgan fingerprint density at radius 2 is 1.10 bits per heavy atom. The van der Waals surface area contributed by atoms with E-state index in [9.17, 15) is 40.6 Å². The fourth-order valence-electron chi connectivity index (χ4n) is 5.19. The van der Waals surface area contributed by atoms with Crippen LogP contribution in [0.1, 0.15) is 27.0 Å². The number of carbonyl (C=O) groups is 2. The molecule has 5 aromatic carbocycles. The number of carbonyl (C=O) groups excluding carboxylic acids is 1. The number of hydrogen-bond acceptors (Lipinski definition) is 14. The SMILES string of the molecule is COc1cc(N=Nc2ccc(Cl)c(C(=O)O)c2)ccc1NC(=O)Nc1cc(C)c(N=Nc2cc(C)c(N=Nc3ccc(S(=O)(=O)O)cc3S(=O)(=O)O)cc2C)cc1OC. The molecule has 0 fully saturated rings. The van der Waals surface area contributed by atoms with E-state index in [1.807, 2.05) is 0 Å². The molecule has 0 aromatic heterocycles. The van der Waals surface area contributed by atoms with Crippen LogP contribution in [-0.2, 0) is 20.2 Å². The molecule has 0 radical (unpaired) electrons. The summed E-state index contributed by atoms with van der Waals surface area (Å²) < 4.78 is 76.6. The fraction of sp³-hybridized carbons (Fsp3) is 0.135. The van der Waals surface area contributed by atoms with Crippen LogP contribution in [-0.4, -0.2) is 57.3 Å². The van der Waals surface area contributed by atoms with E-state index in [1.54, 1.807) is 57.2 Å². The molecule has 0 bridgehead atoms. The molecule has 0 atom stereocenters. The maximum absolute atomic E-state index is 13.1. The molecule has 0 aliphatic rings. The molecule has 0 saturated carbocycles. The van der Waals surface area contributed by atoms with Crippen molar-refractivity contribution < 1.29 is 50.1 Å². The van der Waals surface area contributed by atoms with Crippen molar-refractivity contribution in [3.05, 3.63) is 106 Å². The molecule has 0 aliphatic carbocycles. The van der Waals surface area contributed by atoms with Crippen molar-refractivity contribution in [2.24, 2.45) is 30.7 Å². The van der Waals surface area contributed by atoms with Gasteiger partial charge in [-0.2, -0.15) is 42.4 Å². The van der Waals surface area contributed by atoms with Gasteiger partial charge >= 0.3 is 12.0 Å². The number of nitrogens with zero attached hydrogens (tertiary/aromatic N) is 6. The topological polar surface area (TPSA) is 280 Å². The second kappa shape index (κ2) is 17.9. The summed E-state index contributed by atoms with van der Waals surface area (Å²) in [6, 6.07) is 17.2. The van der Waals surface area contributed by atoms with Crippen LogP contribution < -0.4 is 20.1 Å². The highest BCUT2D eigenvalue weighted by molar-refractivity contribution is 7.86. The number of azo groups is 3. The van der Waals surface area contributed by atoms with Gasteiger partial charge in [-0.25, -0.2) is 9.59 Å². The van der Waals surface area contributed by atoms with Crippen LogP contribution in [0, 0.1) is 20.8 Å². The molecular weight excluding hydrogens is 832 g/mol. The Hall–Kier alpha value is -6.65. The minimum atomic E-state index is -4.94. The van der Waals surface area contributed by atoms with Crippen molar-refractivity contribution in [2.45, 2.75) is 30.6 Å². The zero-order chi connectivity index (χ0) is 43.2. The predicted molar refractivity (Wildman–Crippen MR) is 216 cm³/mol. The smallest absolute Gasteiger partial charge is 0.337 e. The summed E-state index contributed by atoms with van der Waals surface area (Å²) in [5.41, 5.74) is 3.72. The number of carboxylic acids is 1. The van der Waals surface area contributed by atoms with Crippen LogP contribution in [0.5, 0.6) is 11.5 Å². The van der Waals surface area contributed by atoms with Crippen LogP contribution in [0.2, 0.25) is 5.02 Å². The van der Waals surface area contributed by atoms with Gasteiger partial charge < -0.3 is 25.2 Å². The van der Waals surface area contributed by atoms with Crippen molar-refractivity contribution in [1.29, 1.82) is 0 Å². The van der Waals surface area contributed by atoms with Crippen molar-refractivity contribution in [2.75, 3.05) is 24.9 Å². The lowest BCUT2D eigenvalue weighted by atomic mass is 10.1. The Balaban J connectivity index is 1.30. The van der Waals surface area contributed by atoms with Crippen molar-refractivity contribution in [3.63, 3.8) is 0 Å². The molecule has 306 valence electrons. The van der Waals surface area contributed by atoms with Gasteiger partial charge in [0.15, 0.2) is 0 Å². The number of aromatic carboxylic acids is 1. The van der Waals surface area contributed by atoms with Crippen molar-refractivity contribution in [3.8, 4) is 11.5 Å². The first-order valence-electron chi connectivity index (χ1n) is 16.7. The molecule has 0 aliphatic heterocycles. The lowest BCUT2D eigenvalue weighted by Gasteiger charge is -2.15. The minimum Gasteiger partial charge on any atom is -0.494 e. The van der Waals surface area contributed by atoms with Gasteiger partial charge in [-0.05, 0) is 104 Å². The van der Waals surface area contributed by atoms with E-state index >= 15 is 0 Å². The number of amides is 2. The molecule has 59 heavy (non-hydrogen) atoms. The third-order valence-electron chi connectivity index (χ3n) is 8.21. The molecule has 5 N–H and O–H groups in total. The average molecular weight is 865 g/mol. The summed E-state index contributed by atoms with van der Waals surface area (Å²) in [7, 11) is -6.88. The Bertz CT molecular complexity index is 2820. The maximum Gasteiger partial charge on any atom is 0.337 e. The number of rotatable bonds is 13. The highest BCUT2D eigenvalue weighted by Crippen LogP contribution is 2.37. The summed E-state index contributed by atoms with van der Waals surface area (Å²) in [4.78, 5) is 22.9. The number of aryl methyl sites for hydroxylation is 3. The molecule has 2 amide bonds. The Labute approximate surface area is 342 Å². The number of urea groups is 1. The van der Waals surface area contributed by atoms with Crippen LogP contribution in [0.25, 0.3) is 0 Å². The quantitative estimate of drug-likeness (QED) is 0.0548. The number of halogens is 1. The van der Waals surface area contributed by atoms with Gasteiger partial charge in [0.25, 0.3) is 20.2 Å². The molecule has 19 nitrogen and oxygen atoms in total. The number of anilines is 2. The summed E-state index contributed by atoms with van der Waals surface area (Å²) in [5, 5.41) is 39.7. The predicted octanol–water partition coefficient (Wildman–Crippen LogP) is 10.4. The Morgan fingerprint density at radius 3 is 1.66 bits per heavy atom. The van der Waals surface area contributed by atoms with E-state index in [1.165, 1.54) is 38.5 Å². The molecular formula is C37H33ClN8O11S2. The average Bonchev–Trinajstić information content (AvgIpc) is 3.17. The zero-order valence-corrected chi connectivity index (χ0v) is 33.9. The highest BCUT2D eigenvalue weighted by Gasteiger charge is 2.21. The lowest BCUT2D eigenvalue weighted by Crippen LogP contribution is -2.20. The molecule has 5 aromatic rings. The number of ether oxygens (including phenoxy) is 2. The lowest BCUT2D eigenvalue weighted by molar-refractivity contribution is 0.0697. The summed E-state index contributed by atoms with van der Waals surface area (Å²) in [5.74, 6) is -0.669. The van der Waals surface area contributed by atoms with Gasteiger partial charge in [-0.3, -0.25) is 9.11 Å². The van der Waals surface area contributed by atoms with E-state index in [2.05, 4.69) is 41.3 Å². The molecule has 0 heterocycles. The molecule has 0 saturated heterocycles. The summed E-state index contributed by atoms with van der Waals surface area (Å²) >= 11 is 5.92. The molecule has 0 unspecified atom stereocenters. The number of benzene rings is 5. The second-order valence-electron chi connectivity index (χ2n) is 12.4. The molecule has 22 heteroatoms. The molecule has 5 rings (SSSR count). The van der Waals surface area contributed by atoms with E-state index < -0.39 is 42.0 Å². The Morgan fingerprint density at radius 1 is 0.593 bits per heavy atom. The van der Waals surface area contributed by atoms with Gasteiger partial charge in [0.05, 0.1) is 69.5 Å². The standard InChI is InChI=1S/C37H33ClN8O11S2/c1-19-13-30(20(2)12-29(19)44-43-28-11-8-24(58(50,51)52)17-35(28)59(53,54)55)45-46-31-18-34(57-5)32(14-21(31)3)40-37(49)39-27-10-7-23(16-33(27)56-4)42-41-22-6-9-26(38)25(15-22)36(47)48/h6-18H,1-5H3,(H,47,48)(H2,39,40,49)(H,50,51,52)(H,53,54,55). The first kappa shape index (κ1) is 43.5.